The molecule has 0 saturated heterocycles. The maximum absolute atomic E-state index is 11.7. The molecule has 0 bridgehead atoms. The summed E-state index contributed by atoms with van der Waals surface area (Å²) in [6.45, 7) is 2.24. The van der Waals surface area contributed by atoms with Crippen molar-refractivity contribution in [3.63, 3.8) is 0 Å². The zero-order valence-electron chi connectivity index (χ0n) is 10.9. The second-order valence-corrected chi connectivity index (χ2v) is 6.25. The van der Waals surface area contributed by atoms with Gasteiger partial charge in [0.15, 0.2) is 5.11 Å². The monoisotopic (exact) mass is 297 g/mol. The van der Waals surface area contributed by atoms with Gasteiger partial charge in [-0.3, -0.25) is 15.6 Å². The molecule has 4 nitrogen and oxygen atoms in total. The number of hydrogen-bond acceptors (Lipinski definition) is 3. The average molecular weight is 297 g/mol. The van der Waals surface area contributed by atoms with Crippen LogP contribution in [0.5, 0.6) is 0 Å². The van der Waals surface area contributed by atoms with E-state index in [4.69, 9.17) is 12.2 Å². The minimum absolute atomic E-state index is 0.157. The summed E-state index contributed by atoms with van der Waals surface area (Å²) < 4.78 is 0. The van der Waals surface area contributed by atoms with Gasteiger partial charge in [0.25, 0.3) is 5.91 Å². The Balaban J connectivity index is 1.74. The van der Waals surface area contributed by atoms with E-state index in [1.165, 1.54) is 30.6 Å². The number of thiocarbonyl (C=S) groups is 1. The second-order valence-electron chi connectivity index (χ2n) is 4.90. The van der Waals surface area contributed by atoms with E-state index >= 15 is 0 Å². The molecule has 1 aromatic rings. The third-order valence-corrected chi connectivity index (χ3v) is 4.55. The zero-order valence-corrected chi connectivity index (χ0v) is 12.6. The highest BCUT2D eigenvalue weighted by molar-refractivity contribution is 7.80. The van der Waals surface area contributed by atoms with Crippen molar-refractivity contribution in [3.05, 3.63) is 22.4 Å². The summed E-state index contributed by atoms with van der Waals surface area (Å²) in [5, 5.41) is 5.64. The molecule has 1 amide bonds. The molecule has 1 aliphatic rings. The first-order valence-electron chi connectivity index (χ1n) is 6.57. The number of rotatable bonds is 2. The molecule has 1 heterocycles. The third-order valence-electron chi connectivity index (χ3n) is 3.46. The van der Waals surface area contributed by atoms with Crippen LogP contribution in [0.3, 0.4) is 0 Å². The number of nitrogens with one attached hydrogen (secondary N) is 3. The first-order chi connectivity index (χ1) is 9.16. The fraction of sp³-hybridized carbons (Fsp3) is 0.538. The van der Waals surface area contributed by atoms with Gasteiger partial charge in [0.1, 0.15) is 0 Å². The van der Waals surface area contributed by atoms with Crippen molar-refractivity contribution in [1.82, 2.24) is 16.2 Å². The van der Waals surface area contributed by atoms with Gasteiger partial charge in [-0.15, -0.1) is 11.3 Å². The van der Waals surface area contributed by atoms with Crippen LogP contribution in [0.25, 0.3) is 0 Å². The van der Waals surface area contributed by atoms with Crippen molar-refractivity contribution in [3.8, 4) is 0 Å². The zero-order chi connectivity index (χ0) is 13.7. The lowest BCUT2D eigenvalue weighted by atomic mass is 9.86. The molecule has 1 aliphatic carbocycles. The molecule has 6 heteroatoms. The van der Waals surface area contributed by atoms with E-state index in [1.807, 2.05) is 11.4 Å². The summed E-state index contributed by atoms with van der Waals surface area (Å²) >= 11 is 6.61. The van der Waals surface area contributed by atoms with Gasteiger partial charge in [0, 0.05) is 6.04 Å². The Morgan fingerprint density at radius 2 is 2.16 bits per heavy atom. The maximum atomic E-state index is 11.7. The maximum Gasteiger partial charge on any atom is 0.279 e. The summed E-state index contributed by atoms with van der Waals surface area (Å²) in [6.07, 6.45) is 4.92. The fourth-order valence-corrected chi connectivity index (χ4v) is 3.14. The predicted octanol–water partition coefficient (Wildman–Crippen LogP) is 2.44. The lowest BCUT2D eigenvalue weighted by Crippen LogP contribution is -2.51. The summed E-state index contributed by atoms with van der Waals surface area (Å²) in [4.78, 5) is 12.4. The van der Waals surface area contributed by atoms with Gasteiger partial charge in [-0.2, -0.15) is 0 Å². The van der Waals surface area contributed by atoms with Crippen molar-refractivity contribution >= 4 is 34.6 Å². The first kappa shape index (κ1) is 14.3. The van der Waals surface area contributed by atoms with E-state index < -0.39 is 0 Å². The first-order valence-corrected chi connectivity index (χ1v) is 7.86. The number of amides is 1. The van der Waals surface area contributed by atoms with E-state index in [2.05, 4.69) is 23.1 Å². The molecule has 2 atom stereocenters. The van der Waals surface area contributed by atoms with E-state index in [0.717, 1.165) is 6.42 Å². The average Bonchev–Trinajstić information content (AvgIpc) is 2.93. The van der Waals surface area contributed by atoms with Crippen molar-refractivity contribution in [2.75, 3.05) is 0 Å². The molecule has 0 aromatic carbocycles. The van der Waals surface area contributed by atoms with Crippen LogP contribution < -0.4 is 16.2 Å². The molecule has 0 unspecified atom stereocenters. The van der Waals surface area contributed by atoms with Gasteiger partial charge in [-0.25, -0.2) is 0 Å². The van der Waals surface area contributed by atoms with E-state index in [0.29, 0.717) is 21.9 Å². The number of carbonyl (C=O) groups excluding carboxylic acids is 1. The SMILES string of the molecule is C[C@@H]1CCCC[C@H]1NC(=S)NNC(=O)c1cccs1. The summed E-state index contributed by atoms with van der Waals surface area (Å²) in [5.41, 5.74) is 5.37. The largest absolute Gasteiger partial charge is 0.358 e. The van der Waals surface area contributed by atoms with Crippen LogP contribution in [0.4, 0.5) is 0 Å². The highest BCUT2D eigenvalue weighted by atomic mass is 32.1. The highest BCUT2D eigenvalue weighted by Gasteiger charge is 2.21. The summed E-state index contributed by atoms with van der Waals surface area (Å²) in [5.74, 6) is 0.470. The topological polar surface area (TPSA) is 53.2 Å². The Hall–Kier alpha value is -1.14. The van der Waals surface area contributed by atoms with Crippen molar-refractivity contribution in [1.29, 1.82) is 0 Å². The lowest BCUT2D eigenvalue weighted by Gasteiger charge is -2.30. The van der Waals surface area contributed by atoms with Crippen molar-refractivity contribution < 1.29 is 4.79 Å². The van der Waals surface area contributed by atoms with Gasteiger partial charge >= 0.3 is 0 Å². The summed E-state index contributed by atoms with van der Waals surface area (Å²) in [7, 11) is 0. The molecular weight excluding hydrogens is 278 g/mol. The van der Waals surface area contributed by atoms with Crippen LogP contribution in [0, 0.1) is 5.92 Å². The molecule has 0 radical (unpaired) electrons. The van der Waals surface area contributed by atoms with Crippen LogP contribution >= 0.6 is 23.6 Å². The van der Waals surface area contributed by atoms with E-state index in [9.17, 15) is 4.79 Å². The highest BCUT2D eigenvalue weighted by Crippen LogP contribution is 2.23. The molecule has 1 saturated carbocycles. The molecule has 0 aliphatic heterocycles. The van der Waals surface area contributed by atoms with Gasteiger partial charge in [0.2, 0.25) is 0 Å². The van der Waals surface area contributed by atoms with Gasteiger partial charge in [0.05, 0.1) is 4.88 Å². The Morgan fingerprint density at radius 1 is 1.37 bits per heavy atom. The molecular formula is C13H19N3OS2. The van der Waals surface area contributed by atoms with Crippen molar-refractivity contribution in [2.45, 2.75) is 38.6 Å². The van der Waals surface area contributed by atoms with Crippen LogP contribution in [0.2, 0.25) is 0 Å². The smallest absolute Gasteiger partial charge is 0.279 e. The Morgan fingerprint density at radius 3 is 2.84 bits per heavy atom. The van der Waals surface area contributed by atoms with Crippen molar-refractivity contribution in [2.24, 2.45) is 5.92 Å². The Labute approximate surface area is 122 Å². The quantitative estimate of drug-likeness (QED) is 0.580. The van der Waals surface area contributed by atoms with Crippen LogP contribution in [0.1, 0.15) is 42.3 Å². The number of carbonyl (C=O) groups is 1. The van der Waals surface area contributed by atoms with Crippen LogP contribution in [0.15, 0.2) is 17.5 Å². The lowest BCUT2D eigenvalue weighted by molar-refractivity contribution is 0.0947. The van der Waals surface area contributed by atoms with Gasteiger partial charge in [-0.1, -0.05) is 25.8 Å². The van der Waals surface area contributed by atoms with E-state index in [-0.39, 0.29) is 5.91 Å². The standard InChI is InChI=1S/C13H19N3OS2/c1-9-5-2-3-6-10(9)14-13(18)16-15-12(17)11-7-4-8-19-11/h4,7-10H,2-3,5-6H2,1H3,(H,15,17)(H2,14,16,18)/t9-,10-/m1/s1. The van der Waals surface area contributed by atoms with Gasteiger partial charge < -0.3 is 5.32 Å². The predicted molar refractivity (Wildman–Crippen MR) is 82.1 cm³/mol. The Kier molecular flexibility index (Phi) is 5.15. The fourth-order valence-electron chi connectivity index (χ4n) is 2.32. The van der Waals surface area contributed by atoms with Crippen LogP contribution in [-0.4, -0.2) is 17.1 Å². The third kappa shape index (κ3) is 4.18. The number of thiophene rings is 1. The molecule has 3 N–H and O–H groups in total. The number of hydrazine groups is 1. The minimum atomic E-state index is -0.157. The summed E-state index contributed by atoms with van der Waals surface area (Å²) in [6, 6.07) is 4.04. The molecule has 104 valence electrons. The normalized spacial score (nSPS) is 22.6. The minimum Gasteiger partial charge on any atom is -0.358 e. The van der Waals surface area contributed by atoms with E-state index in [1.54, 1.807) is 6.07 Å². The second kappa shape index (κ2) is 6.86. The van der Waals surface area contributed by atoms with Crippen LogP contribution in [-0.2, 0) is 0 Å². The molecule has 19 heavy (non-hydrogen) atoms. The molecule has 2 rings (SSSR count). The van der Waals surface area contributed by atoms with Gasteiger partial charge in [-0.05, 0) is 42.4 Å². The molecule has 1 aromatic heterocycles. The Bertz CT molecular complexity index is 433. The number of hydrogen-bond donors (Lipinski definition) is 3. The molecule has 0 spiro atoms. The molecule has 1 fully saturated rings.